The van der Waals surface area contributed by atoms with Crippen LogP contribution in [0.1, 0.15) is 19.2 Å². The van der Waals surface area contributed by atoms with Crippen molar-refractivity contribution in [3.63, 3.8) is 0 Å². The average molecular weight is 279 g/mol. The van der Waals surface area contributed by atoms with Gasteiger partial charge in [0.15, 0.2) is 5.82 Å². The molecule has 19 heavy (non-hydrogen) atoms. The maximum absolute atomic E-state index is 9.59. The Labute approximate surface area is 115 Å². The first-order chi connectivity index (χ1) is 9.22. The van der Waals surface area contributed by atoms with Crippen LogP contribution >= 0.6 is 11.3 Å². The SMILES string of the molecule is CC(O)C1CCN(Cc2noc(-c3ccsc3)n2)C1. The Morgan fingerprint density at radius 1 is 1.63 bits per heavy atom. The molecular formula is C13H17N3O2S. The molecule has 0 saturated carbocycles. The van der Waals surface area contributed by atoms with Crippen LogP contribution in [0.4, 0.5) is 0 Å². The lowest BCUT2D eigenvalue weighted by Crippen LogP contribution is -2.24. The molecule has 0 radical (unpaired) electrons. The minimum Gasteiger partial charge on any atom is -0.393 e. The second-order valence-corrected chi connectivity index (χ2v) is 5.83. The second-order valence-electron chi connectivity index (χ2n) is 5.05. The van der Waals surface area contributed by atoms with Crippen molar-refractivity contribution in [1.29, 1.82) is 0 Å². The van der Waals surface area contributed by atoms with Crippen LogP contribution in [0.2, 0.25) is 0 Å². The highest BCUT2D eigenvalue weighted by Gasteiger charge is 2.26. The lowest BCUT2D eigenvalue weighted by molar-refractivity contribution is 0.127. The lowest BCUT2D eigenvalue weighted by atomic mass is 10.0. The molecule has 2 unspecified atom stereocenters. The van der Waals surface area contributed by atoms with Gasteiger partial charge in [-0.1, -0.05) is 5.16 Å². The van der Waals surface area contributed by atoms with E-state index in [1.165, 1.54) is 0 Å². The summed E-state index contributed by atoms with van der Waals surface area (Å²) >= 11 is 1.61. The summed E-state index contributed by atoms with van der Waals surface area (Å²) in [7, 11) is 0. The predicted octanol–water partition coefficient (Wildman–Crippen LogP) is 2.00. The molecule has 1 fully saturated rings. The first-order valence-corrected chi connectivity index (χ1v) is 7.42. The highest BCUT2D eigenvalue weighted by atomic mass is 32.1. The molecule has 3 heterocycles. The van der Waals surface area contributed by atoms with Gasteiger partial charge in [-0.2, -0.15) is 16.3 Å². The van der Waals surface area contributed by atoms with E-state index in [9.17, 15) is 5.11 Å². The molecule has 102 valence electrons. The van der Waals surface area contributed by atoms with Gasteiger partial charge in [0.2, 0.25) is 0 Å². The van der Waals surface area contributed by atoms with Crippen LogP contribution in [-0.4, -0.2) is 39.3 Å². The fourth-order valence-corrected chi connectivity index (χ4v) is 3.05. The van der Waals surface area contributed by atoms with Gasteiger partial charge < -0.3 is 9.63 Å². The maximum Gasteiger partial charge on any atom is 0.258 e. The summed E-state index contributed by atoms with van der Waals surface area (Å²) in [6.45, 7) is 4.44. The van der Waals surface area contributed by atoms with Crippen LogP contribution < -0.4 is 0 Å². The molecule has 5 nitrogen and oxygen atoms in total. The van der Waals surface area contributed by atoms with Gasteiger partial charge in [0.25, 0.3) is 5.89 Å². The zero-order valence-corrected chi connectivity index (χ0v) is 11.6. The zero-order chi connectivity index (χ0) is 13.2. The summed E-state index contributed by atoms with van der Waals surface area (Å²) in [5.41, 5.74) is 0.979. The van der Waals surface area contributed by atoms with E-state index in [-0.39, 0.29) is 6.10 Å². The molecule has 0 aliphatic carbocycles. The monoisotopic (exact) mass is 279 g/mol. The summed E-state index contributed by atoms with van der Waals surface area (Å²) in [6.07, 6.45) is 0.795. The van der Waals surface area contributed by atoms with E-state index in [0.717, 1.165) is 25.1 Å². The number of thiophene rings is 1. The minimum absolute atomic E-state index is 0.239. The van der Waals surface area contributed by atoms with E-state index in [4.69, 9.17) is 4.52 Å². The molecule has 2 atom stereocenters. The fourth-order valence-electron chi connectivity index (χ4n) is 2.42. The molecule has 0 amide bonds. The van der Waals surface area contributed by atoms with Crippen LogP contribution in [-0.2, 0) is 6.54 Å². The first-order valence-electron chi connectivity index (χ1n) is 6.48. The largest absolute Gasteiger partial charge is 0.393 e. The van der Waals surface area contributed by atoms with Crippen LogP contribution in [0.5, 0.6) is 0 Å². The van der Waals surface area contributed by atoms with Gasteiger partial charge in [0.1, 0.15) is 0 Å². The van der Waals surface area contributed by atoms with E-state index in [1.54, 1.807) is 11.3 Å². The highest BCUT2D eigenvalue weighted by Crippen LogP contribution is 2.23. The van der Waals surface area contributed by atoms with Gasteiger partial charge in [-0.3, -0.25) is 4.90 Å². The van der Waals surface area contributed by atoms with E-state index in [1.807, 2.05) is 23.8 Å². The number of rotatable bonds is 4. The molecule has 1 aliphatic rings. The molecular weight excluding hydrogens is 262 g/mol. The van der Waals surface area contributed by atoms with Crippen molar-refractivity contribution in [2.24, 2.45) is 5.92 Å². The van der Waals surface area contributed by atoms with Gasteiger partial charge in [0.05, 0.1) is 18.2 Å². The van der Waals surface area contributed by atoms with Crippen LogP contribution in [0.3, 0.4) is 0 Å². The molecule has 1 N–H and O–H groups in total. The Balaban J connectivity index is 1.62. The Morgan fingerprint density at radius 3 is 3.21 bits per heavy atom. The number of hydrogen-bond donors (Lipinski definition) is 1. The Bertz CT molecular complexity index is 524. The van der Waals surface area contributed by atoms with Crippen LogP contribution in [0, 0.1) is 5.92 Å². The predicted molar refractivity (Wildman–Crippen MR) is 72.7 cm³/mol. The van der Waals surface area contributed by atoms with Crippen LogP contribution in [0.25, 0.3) is 11.5 Å². The van der Waals surface area contributed by atoms with Gasteiger partial charge in [0, 0.05) is 11.9 Å². The highest BCUT2D eigenvalue weighted by molar-refractivity contribution is 7.08. The van der Waals surface area contributed by atoms with Crippen molar-refractivity contribution in [3.8, 4) is 11.5 Å². The fraction of sp³-hybridized carbons (Fsp3) is 0.538. The number of aromatic nitrogens is 2. The maximum atomic E-state index is 9.59. The van der Waals surface area contributed by atoms with Crippen molar-refractivity contribution >= 4 is 11.3 Å². The zero-order valence-electron chi connectivity index (χ0n) is 10.8. The van der Waals surface area contributed by atoms with Crippen molar-refractivity contribution in [2.75, 3.05) is 13.1 Å². The molecule has 0 bridgehead atoms. The standard InChI is InChI=1S/C13H17N3O2S/c1-9(17)10-2-4-16(6-10)7-12-14-13(18-15-12)11-3-5-19-8-11/h3,5,8-10,17H,2,4,6-7H2,1H3. The summed E-state index contributed by atoms with van der Waals surface area (Å²) in [4.78, 5) is 6.67. The molecule has 1 saturated heterocycles. The van der Waals surface area contributed by atoms with Crippen molar-refractivity contribution in [2.45, 2.75) is 26.0 Å². The lowest BCUT2D eigenvalue weighted by Gasteiger charge is -2.15. The third-order valence-electron chi connectivity index (χ3n) is 3.59. The second kappa shape index (κ2) is 5.40. The third-order valence-corrected chi connectivity index (χ3v) is 4.28. The normalized spacial score (nSPS) is 21.9. The summed E-state index contributed by atoms with van der Waals surface area (Å²) < 4.78 is 5.26. The molecule has 0 aromatic carbocycles. The number of aliphatic hydroxyl groups is 1. The van der Waals surface area contributed by atoms with Gasteiger partial charge >= 0.3 is 0 Å². The molecule has 2 aromatic rings. The average Bonchev–Trinajstić information content (AvgIpc) is 3.09. The minimum atomic E-state index is -0.239. The molecule has 2 aromatic heterocycles. The van der Waals surface area contributed by atoms with Crippen molar-refractivity contribution in [1.82, 2.24) is 15.0 Å². The number of likely N-dealkylation sites (tertiary alicyclic amines) is 1. The van der Waals surface area contributed by atoms with Crippen molar-refractivity contribution < 1.29 is 9.63 Å². The van der Waals surface area contributed by atoms with Gasteiger partial charge in [-0.05, 0) is 37.3 Å². The van der Waals surface area contributed by atoms with Gasteiger partial charge in [-0.25, -0.2) is 0 Å². The summed E-state index contributed by atoms with van der Waals surface area (Å²) in [5, 5.41) is 17.6. The third kappa shape index (κ3) is 2.86. The van der Waals surface area contributed by atoms with Crippen molar-refractivity contribution in [3.05, 3.63) is 22.7 Å². The van der Waals surface area contributed by atoms with E-state index in [2.05, 4.69) is 15.0 Å². The Kier molecular flexibility index (Phi) is 3.63. The number of aliphatic hydroxyl groups excluding tert-OH is 1. The molecule has 1 aliphatic heterocycles. The van der Waals surface area contributed by atoms with E-state index >= 15 is 0 Å². The van der Waals surface area contributed by atoms with E-state index < -0.39 is 0 Å². The molecule has 0 spiro atoms. The van der Waals surface area contributed by atoms with Gasteiger partial charge in [-0.15, -0.1) is 0 Å². The summed E-state index contributed by atoms with van der Waals surface area (Å²) in [6, 6.07) is 1.97. The van der Waals surface area contributed by atoms with Crippen LogP contribution in [0.15, 0.2) is 21.3 Å². The summed E-state index contributed by atoms with van der Waals surface area (Å²) in [5.74, 6) is 1.67. The number of hydrogen-bond acceptors (Lipinski definition) is 6. The Morgan fingerprint density at radius 2 is 2.53 bits per heavy atom. The molecule has 6 heteroatoms. The quantitative estimate of drug-likeness (QED) is 0.927. The Hall–Kier alpha value is -1.24. The smallest absolute Gasteiger partial charge is 0.258 e. The molecule has 3 rings (SSSR count). The number of nitrogens with zero attached hydrogens (tertiary/aromatic N) is 3. The topological polar surface area (TPSA) is 62.4 Å². The first kappa shape index (κ1) is 12.8. The van der Waals surface area contributed by atoms with E-state index in [0.29, 0.717) is 24.2 Å².